The van der Waals surface area contributed by atoms with Crippen LogP contribution < -0.4 is 0 Å². The second-order valence-corrected chi connectivity index (χ2v) is 4.55. The third-order valence-corrected chi connectivity index (χ3v) is 2.97. The first-order valence-electron chi connectivity index (χ1n) is 5.87. The molecule has 17 heavy (non-hydrogen) atoms. The molecule has 3 atom stereocenters. The van der Waals surface area contributed by atoms with Gasteiger partial charge in [0, 0.05) is 12.5 Å². The van der Waals surface area contributed by atoms with E-state index in [2.05, 4.69) is 6.92 Å². The molecule has 1 fully saturated rings. The van der Waals surface area contributed by atoms with E-state index >= 15 is 0 Å². The number of hydrogen-bond donors (Lipinski definition) is 0. The fraction of sp³-hybridized carbons (Fsp3) is 0.692. The minimum absolute atomic E-state index is 0.0947. The van der Waals surface area contributed by atoms with Crippen molar-refractivity contribution < 1.29 is 9.47 Å². The van der Waals surface area contributed by atoms with E-state index in [0.29, 0.717) is 12.5 Å². The molecule has 0 bridgehead atoms. The summed E-state index contributed by atoms with van der Waals surface area (Å²) in [5.41, 5.74) is -0.482. The van der Waals surface area contributed by atoms with Gasteiger partial charge >= 0.3 is 0 Å². The van der Waals surface area contributed by atoms with Crippen molar-refractivity contribution in [2.45, 2.75) is 45.5 Å². The first kappa shape index (κ1) is 13.7. The average Bonchev–Trinajstić information content (AvgIpc) is 2.32. The van der Waals surface area contributed by atoms with Gasteiger partial charge in [-0.2, -0.15) is 10.5 Å². The Bertz CT molecular complexity index is 362. The molecule has 4 nitrogen and oxygen atoms in total. The lowest BCUT2D eigenvalue weighted by Gasteiger charge is -2.39. The van der Waals surface area contributed by atoms with Crippen LogP contribution in [0.2, 0.25) is 0 Å². The van der Waals surface area contributed by atoms with E-state index in [9.17, 15) is 0 Å². The average molecular weight is 234 g/mol. The highest BCUT2D eigenvalue weighted by Gasteiger charge is 2.36. The molecule has 0 aromatic carbocycles. The van der Waals surface area contributed by atoms with Crippen molar-refractivity contribution in [2.75, 3.05) is 6.61 Å². The van der Waals surface area contributed by atoms with E-state index in [1.165, 1.54) is 0 Å². The number of rotatable bonds is 3. The molecule has 1 aliphatic heterocycles. The normalized spacial score (nSPS) is 32.3. The van der Waals surface area contributed by atoms with E-state index in [4.69, 9.17) is 20.0 Å². The van der Waals surface area contributed by atoms with Crippen LogP contribution in [0, 0.1) is 28.6 Å². The van der Waals surface area contributed by atoms with E-state index in [0.717, 1.165) is 12.8 Å². The van der Waals surface area contributed by atoms with E-state index in [1.807, 2.05) is 26.0 Å². The molecule has 4 heteroatoms. The summed E-state index contributed by atoms with van der Waals surface area (Å²) >= 11 is 0. The number of nitriles is 2. The van der Waals surface area contributed by atoms with Crippen molar-refractivity contribution in [1.29, 1.82) is 10.5 Å². The van der Waals surface area contributed by atoms with Crippen LogP contribution in [0.25, 0.3) is 0 Å². The summed E-state index contributed by atoms with van der Waals surface area (Å²) in [7, 11) is 0. The lowest BCUT2D eigenvalue weighted by molar-refractivity contribution is -0.236. The van der Waals surface area contributed by atoms with Crippen molar-refractivity contribution >= 4 is 0 Å². The Morgan fingerprint density at radius 3 is 2.71 bits per heavy atom. The summed E-state index contributed by atoms with van der Waals surface area (Å²) in [6.07, 6.45) is 3.10. The molecule has 0 aliphatic carbocycles. The highest BCUT2D eigenvalue weighted by molar-refractivity contribution is 5.37. The fourth-order valence-electron chi connectivity index (χ4n) is 1.95. The zero-order valence-corrected chi connectivity index (χ0v) is 10.6. The quantitative estimate of drug-likeness (QED) is 0.704. The third-order valence-electron chi connectivity index (χ3n) is 2.97. The van der Waals surface area contributed by atoms with Gasteiger partial charge in [-0.3, -0.25) is 0 Å². The second-order valence-electron chi connectivity index (χ2n) is 4.55. The van der Waals surface area contributed by atoms with Crippen LogP contribution in [-0.2, 0) is 9.47 Å². The Hall–Kier alpha value is -1.36. The Morgan fingerprint density at radius 2 is 2.18 bits per heavy atom. The van der Waals surface area contributed by atoms with Crippen LogP contribution in [0.15, 0.2) is 11.6 Å². The minimum atomic E-state index is -0.576. The van der Waals surface area contributed by atoms with Crippen LogP contribution in [0.1, 0.15) is 33.6 Å². The van der Waals surface area contributed by atoms with Gasteiger partial charge in [0.2, 0.25) is 0 Å². The third kappa shape index (κ3) is 3.56. The fourth-order valence-corrected chi connectivity index (χ4v) is 1.95. The summed E-state index contributed by atoms with van der Waals surface area (Å²) in [6, 6.07) is 3.72. The van der Waals surface area contributed by atoms with Crippen LogP contribution in [0.4, 0.5) is 0 Å². The molecule has 0 saturated carbocycles. The summed E-state index contributed by atoms with van der Waals surface area (Å²) in [6.45, 7) is 6.49. The molecule has 92 valence electrons. The molecule has 0 aromatic heterocycles. The monoisotopic (exact) mass is 234 g/mol. The lowest BCUT2D eigenvalue weighted by atomic mass is 9.88. The first-order chi connectivity index (χ1) is 8.04. The molecule has 1 rings (SSSR count). The number of allylic oxidation sites excluding steroid dienone is 1. The van der Waals surface area contributed by atoms with Gasteiger partial charge in [-0.25, -0.2) is 0 Å². The maximum atomic E-state index is 8.76. The van der Waals surface area contributed by atoms with Crippen molar-refractivity contribution in [3.8, 4) is 12.1 Å². The topological polar surface area (TPSA) is 66.0 Å². The van der Waals surface area contributed by atoms with E-state index < -0.39 is 5.60 Å². The van der Waals surface area contributed by atoms with Gasteiger partial charge in [0.1, 0.15) is 17.7 Å². The van der Waals surface area contributed by atoms with Crippen molar-refractivity contribution in [3.63, 3.8) is 0 Å². The standard InChI is InChI=1S/C13H18N2O2/c1-4-16-12-10(2)5-6-13(3,17-12)7-11(8-14)9-15/h7,10,12H,4-6H2,1-3H3/t10-,12+,13-/m0/s1. The number of hydrogen-bond acceptors (Lipinski definition) is 4. The van der Waals surface area contributed by atoms with Crippen LogP contribution in [0.5, 0.6) is 0 Å². The molecular formula is C13H18N2O2. The molecule has 1 saturated heterocycles. The molecule has 0 spiro atoms. The molecular weight excluding hydrogens is 216 g/mol. The van der Waals surface area contributed by atoms with Crippen molar-refractivity contribution in [3.05, 3.63) is 11.6 Å². The minimum Gasteiger partial charge on any atom is -0.353 e. The Kier molecular flexibility index (Phi) is 4.69. The van der Waals surface area contributed by atoms with Crippen molar-refractivity contribution in [2.24, 2.45) is 5.92 Å². The molecule has 0 N–H and O–H groups in total. The van der Waals surface area contributed by atoms with Crippen molar-refractivity contribution in [1.82, 2.24) is 0 Å². The maximum Gasteiger partial charge on any atom is 0.161 e. The summed E-state index contributed by atoms with van der Waals surface area (Å²) in [5.74, 6) is 0.337. The predicted molar refractivity (Wildman–Crippen MR) is 62.6 cm³/mol. The summed E-state index contributed by atoms with van der Waals surface area (Å²) in [5, 5.41) is 17.5. The molecule has 0 aromatic rings. The van der Waals surface area contributed by atoms with Gasteiger partial charge in [-0.1, -0.05) is 6.92 Å². The van der Waals surface area contributed by atoms with Gasteiger partial charge in [-0.15, -0.1) is 0 Å². The summed E-state index contributed by atoms with van der Waals surface area (Å²) in [4.78, 5) is 0. The molecule has 1 heterocycles. The highest BCUT2D eigenvalue weighted by atomic mass is 16.7. The number of nitrogens with zero attached hydrogens (tertiary/aromatic N) is 2. The SMILES string of the molecule is CCO[C@@H]1O[C@](C)(C=C(C#N)C#N)CC[C@@H]1C. The molecule has 1 aliphatic rings. The first-order valence-corrected chi connectivity index (χ1v) is 5.87. The van der Waals surface area contributed by atoms with Gasteiger partial charge in [-0.05, 0) is 32.8 Å². The van der Waals surface area contributed by atoms with Gasteiger partial charge < -0.3 is 9.47 Å². The highest BCUT2D eigenvalue weighted by Crippen LogP contribution is 2.34. The largest absolute Gasteiger partial charge is 0.353 e. The maximum absolute atomic E-state index is 8.76. The zero-order valence-electron chi connectivity index (χ0n) is 10.6. The Morgan fingerprint density at radius 1 is 1.53 bits per heavy atom. The van der Waals surface area contributed by atoms with Crippen LogP contribution in [-0.4, -0.2) is 18.5 Å². The van der Waals surface area contributed by atoms with E-state index in [-0.39, 0.29) is 11.9 Å². The lowest BCUT2D eigenvalue weighted by Crippen LogP contribution is -2.42. The van der Waals surface area contributed by atoms with Crippen LogP contribution in [0.3, 0.4) is 0 Å². The molecule has 0 unspecified atom stereocenters. The van der Waals surface area contributed by atoms with Gasteiger partial charge in [0.25, 0.3) is 0 Å². The Labute approximate surface area is 102 Å². The molecule has 0 amide bonds. The van der Waals surface area contributed by atoms with Crippen LogP contribution >= 0.6 is 0 Å². The smallest absolute Gasteiger partial charge is 0.161 e. The zero-order chi connectivity index (χ0) is 12.9. The van der Waals surface area contributed by atoms with Gasteiger partial charge in [0.05, 0.1) is 5.60 Å². The van der Waals surface area contributed by atoms with Gasteiger partial charge in [0.15, 0.2) is 6.29 Å². The Balaban J connectivity index is 2.82. The second kappa shape index (κ2) is 5.82. The summed E-state index contributed by atoms with van der Waals surface area (Å²) < 4.78 is 11.4. The van der Waals surface area contributed by atoms with E-state index in [1.54, 1.807) is 6.08 Å². The number of ether oxygens (including phenoxy) is 2. The molecule has 0 radical (unpaired) electrons. The predicted octanol–water partition coefficient (Wildman–Crippen LogP) is 2.53.